The molecule has 0 saturated heterocycles. The minimum atomic E-state index is -3.38. The first-order valence-corrected chi connectivity index (χ1v) is 7.98. The monoisotopic (exact) mass is 280 g/mol. The van der Waals surface area contributed by atoms with E-state index in [1.165, 1.54) is 24.2 Å². The maximum absolute atomic E-state index is 12.0. The highest BCUT2D eigenvalue weighted by Gasteiger charge is 2.24. The molecular formula is C9H13ClN2O2S2. The first-order chi connectivity index (χ1) is 7.52. The summed E-state index contributed by atoms with van der Waals surface area (Å²) in [5, 5.41) is 0.200. The molecular weight excluding hydrogens is 268 g/mol. The van der Waals surface area contributed by atoms with Gasteiger partial charge < -0.3 is 0 Å². The minimum Gasteiger partial charge on any atom is -0.230 e. The van der Waals surface area contributed by atoms with E-state index in [4.69, 9.17) is 11.6 Å². The van der Waals surface area contributed by atoms with Crippen LogP contribution in [0.15, 0.2) is 22.4 Å². The maximum atomic E-state index is 12.0. The highest BCUT2D eigenvalue weighted by molar-refractivity contribution is 7.98. The van der Waals surface area contributed by atoms with Gasteiger partial charge in [0.25, 0.3) is 0 Å². The van der Waals surface area contributed by atoms with E-state index in [2.05, 4.69) is 9.97 Å². The molecule has 0 fully saturated rings. The molecule has 0 spiro atoms. The number of halogens is 1. The Morgan fingerprint density at radius 1 is 1.50 bits per heavy atom. The van der Waals surface area contributed by atoms with Crippen molar-refractivity contribution in [3.8, 4) is 0 Å². The lowest BCUT2D eigenvalue weighted by Crippen LogP contribution is -2.19. The lowest BCUT2D eigenvalue weighted by Gasteiger charge is -2.10. The summed E-state index contributed by atoms with van der Waals surface area (Å²) in [4.78, 5) is 7.74. The average Bonchev–Trinajstić information content (AvgIpc) is 2.29. The molecule has 0 N–H and O–H groups in total. The summed E-state index contributed by atoms with van der Waals surface area (Å²) in [6.45, 7) is 1.64. The van der Waals surface area contributed by atoms with Gasteiger partial charge in [-0.05, 0) is 19.6 Å². The van der Waals surface area contributed by atoms with E-state index in [1.807, 2.05) is 6.26 Å². The number of sulfone groups is 1. The van der Waals surface area contributed by atoms with E-state index >= 15 is 0 Å². The minimum absolute atomic E-state index is 0.0736. The van der Waals surface area contributed by atoms with Crippen LogP contribution in [-0.4, -0.2) is 35.8 Å². The van der Waals surface area contributed by atoms with Crippen LogP contribution in [0.3, 0.4) is 0 Å². The molecule has 16 heavy (non-hydrogen) atoms. The van der Waals surface area contributed by atoms with Crippen LogP contribution in [0.4, 0.5) is 0 Å². The third-order valence-corrected chi connectivity index (χ3v) is 5.12. The van der Waals surface area contributed by atoms with Crippen LogP contribution in [0.5, 0.6) is 0 Å². The van der Waals surface area contributed by atoms with Gasteiger partial charge in [0, 0.05) is 11.9 Å². The van der Waals surface area contributed by atoms with Crippen molar-refractivity contribution in [1.29, 1.82) is 0 Å². The first kappa shape index (κ1) is 13.7. The summed E-state index contributed by atoms with van der Waals surface area (Å²) in [6.07, 6.45) is 3.52. The third kappa shape index (κ3) is 3.09. The second-order valence-electron chi connectivity index (χ2n) is 3.23. The van der Waals surface area contributed by atoms with Gasteiger partial charge in [-0.15, -0.1) is 23.4 Å². The van der Waals surface area contributed by atoms with Crippen LogP contribution in [0.2, 0.25) is 0 Å². The fourth-order valence-electron chi connectivity index (χ4n) is 1.10. The largest absolute Gasteiger partial charge is 0.230 e. The number of nitrogens with zero attached hydrogens (tertiary/aromatic N) is 2. The number of thioether (sulfide) groups is 1. The quantitative estimate of drug-likeness (QED) is 0.469. The summed E-state index contributed by atoms with van der Waals surface area (Å²) < 4.78 is 24.1. The number of hydrogen-bond donors (Lipinski definition) is 0. The predicted molar refractivity (Wildman–Crippen MR) is 65.8 cm³/mol. The summed E-state index contributed by atoms with van der Waals surface area (Å²) in [6, 6.07) is 1.49. The highest BCUT2D eigenvalue weighted by Crippen LogP contribution is 2.19. The smallest absolute Gasteiger partial charge is 0.198 e. The van der Waals surface area contributed by atoms with E-state index in [0.29, 0.717) is 17.3 Å². The zero-order valence-electron chi connectivity index (χ0n) is 9.05. The molecule has 0 amide bonds. The van der Waals surface area contributed by atoms with Gasteiger partial charge in [0.2, 0.25) is 0 Å². The Labute approximate surface area is 105 Å². The molecule has 0 radical (unpaired) electrons. The Kier molecular flexibility index (Phi) is 5.01. The Morgan fingerprint density at radius 3 is 2.75 bits per heavy atom. The van der Waals surface area contributed by atoms with E-state index < -0.39 is 15.1 Å². The van der Waals surface area contributed by atoms with Crippen LogP contribution in [0.25, 0.3) is 0 Å². The Hall–Kier alpha value is -0.330. The van der Waals surface area contributed by atoms with Gasteiger partial charge in [0.1, 0.15) is 11.4 Å². The summed E-state index contributed by atoms with van der Waals surface area (Å²) in [5.41, 5.74) is 0. The SMILES string of the molecule is CSc1cc(S(=O)(=O)C(C)CCCl)ncn1. The van der Waals surface area contributed by atoms with Crippen molar-refractivity contribution in [1.82, 2.24) is 9.97 Å². The van der Waals surface area contributed by atoms with Crippen LogP contribution >= 0.6 is 23.4 Å². The lowest BCUT2D eigenvalue weighted by atomic mass is 10.4. The van der Waals surface area contributed by atoms with Crippen molar-refractivity contribution in [2.24, 2.45) is 0 Å². The van der Waals surface area contributed by atoms with Gasteiger partial charge in [-0.2, -0.15) is 0 Å². The number of alkyl halides is 1. The van der Waals surface area contributed by atoms with Crippen LogP contribution in [0, 0.1) is 0 Å². The molecule has 0 aliphatic carbocycles. The predicted octanol–water partition coefficient (Wildman–Crippen LogP) is 1.99. The highest BCUT2D eigenvalue weighted by atomic mass is 35.5. The second kappa shape index (κ2) is 5.84. The number of rotatable bonds is 5. The number of aromatic nitrogens is 2. The molecule has 4 nitrogen and oxygen atoms in total. The molecule has 0 bridgehead atoms. The van der Waals surface area contributed by atoms with Crippen molar-refractivity contribution >= 4 is 33.2 Å². The van der Waals surface area contributed by atoms with Gasteiger partial charge >= 0.3 is 0 Å². The zero-order valence-corrected chi connectivity index (χ0v) is 11.4. The van der Waals surface area contributed by atoms with E-state index in [9.17, 15) is 8.42 Å². The molecule has 0 saturated carbocycles. The molecule has 1 heterocycles. The fraction of sp³-hybridized carbons (Fsp3) is 0.556. The molecule has 90 valence electrons. The van der Waals surface area contributed by atoms with Crippen molar-refractivity contribution in [3.05, 3.63) is 12.4 Å². The molecule has 1 atom stereocenters. The van der Waals surface area contributed by atoms with Crippen molar-refractivity contribution in [2.75, 3.05) is 12.1 Å². The van der Waals surface area contributed by atoms with Gasteiger partial charge in [-0.3, -0.25) is 0 Å². The molecule has 0 aliphatic rings. The van der Waals surface area contributed by atoms with Crippen molar-refractivity contribution in [3.63, 3.8) is 0 Å². The molecule has 0 aliphatic heterocycles. The average molecular weight is 281 g/mol. The second-order valence-corrected chi connectivity index (χ2v) is 6.75. The first-order valence-electron chi connectivity index (χ1n) is 4.68. The van der Waals surface area contributed by atoms with Crippen LogP contribution in [0.1, 0.15) is 13.3 Å². The fourth-order valence-corrected chi connectivity index (χ4v) is 3.33. The standard InChI is InChI=1S/C9H13ClN2O2S2/c1-7(3-4-10)16(13,14)9-5-8(15-2)11-6-12-9/h5-7H,3-4H2,1-2H3. The van der Waals surface area contributed by atoms with Gasteiger partial charge in [-0.1, -0.05) is 0 Å². The van der Waals surface area contributed by atoms with Gasteiger partial charge in [0.15, 0.2) is 14.9 Å². The molecule has 1 rings (SSSR count). The maximum Gasteiger partial charge on any atom is 0.198 e. The Morgan fingerprint density at radius 2 is 2.19 bits per heavy atom. The third-order valence-electron chi connectivity index (χ3n) is 2.16. The Bertz CT molecular complexity index is 451. The molecule has 0 aromatic carbocycles. The van der Waals surface area contributed by atoms with Crippen molar-refractivity contribution < 1.29 is 8.42 Å². The normalized spacial score (nSPS) is 13.7. The van der Waals surface area contributed by atoms with E-state index in [1.54, 1.807) is 6.92 Å². The lowest BCUT2D eigenvalue weighted by molar-refractivity contribution is 0.576. The summed E-state index contributed by atoms with van der Waals surface area (Å²) in [7, 11) is -3.38. The Balaban J connectivity index is 3.06. The molecule has 1 unspecified atom stereocenters. The molecule has 7 heteroatoms. The summed E-state index contributed by atoms with van der Waals surface area (Å²) in [5.74, 6) is 0.320. The van der Waals surface area contributed by atoms with E-state index in [-0.39, 0.29) is 5.03 Å². The van der Waals surface area contributed by atoms with Crippen LogP contribution in [-0.2, 0) is 9.84 Å². The zero-order chi connectivity index (χ0) is 12.2. The summed E-state index contributed by atoms with van der Waals surface area (Å²) >= 11 is 6.93. The number of hydrogen-bond acceptors (Lipinski definition) is 5. The molecule has 1 aromatic heterocycles. The topological polar surface area (TPSA) is 59.9 Å². The van der Waals surface area contributed by atoms with Gasteiger partial charge in [0.05, 0.1) is 5.25 Å². The van der Waals surface area contributed by atoms with Gasteiger partial charge in [-0.25, -0.2) is 18.4 Å². The van der Waals surface area contributed by atoms with Crippen molar-refractivity contribution in [2.45, 2.75) is 28.6 Å². The molecule has 1 aromatic rings. The van der Waals surface area contributed by atoms with E-state index in [0.717, 1.165) is 0 Å². The van der Waals surface area contributed by atoms with Crippen LogP contribution < -0.4 is 0 Å².